The Labute approximate surface area is 81.0 Å². The first-order valence-corrected chi connectivity index (χ1v) is 4.65. The molecule has 0 aliphatic carbocycles. The van der Waals surface area contributed by atoms with E-state index in [4.69, 9.17) is 0 Å². The molecule has 0 unspecified atom stereocenters. The number of hydrogen-bond donors (Lipinski definition) is 1. The number of carbonyl (C=O) groups is 1. The van der Waals surface area contributed by atoms with Crippen LogP contribution in [0.25, 0.3) is 0 Å². The fourth-order valence-corrected chi connectivity index (χ4v) is 1.12. The van der Waals surface area contributed by atoms with E-state index < -0.39 is 0 Å². The molecule has 13 heavy (non-hydrogen) atoms. The van der Waals surface area contributed by atoms with E-state index in [1.165, 1.54) is 0 Å². The minimum atomic E-state index is -0.0534. The van der Waals surface area contributed by atoms with Gasteiger partial charge in [-0.3, -0.25) is 4.79 Å². The second kappa shape index (κ2) is 5.02. The van der Waals surface area contributed by atoms with Gasteiger partial charge in [-0.15, -0.1) is 0 Å². The summed E-state index contributed by atoms with van der Waals surface area (Å²) in [4.78, 5) is 11.2. The standard InChI is InChI=1S/C10H20N2O/c1-6-7-12(4,5)8-11-10(13)9(2)3/h2,6-8H2,1,3-5H3/p+1. The lowest BCUT2D eigenvalue weighted by Crippen LogP contribution is -2.48. The van der Waals surface area contributed by atoms with Crippen molar-refractivity contribution in [1.29, 1.82) is 0 Å². The van der Waals surface area contributed by atoms with E-state index in [9.17, 15) is 4.79 Å². The van der Waals surface area contributed by atoms with Gasteiger partial charge in [0.05, 0.1) is 20.6 Å². The molecule has 0 aromatic carbocycles. The molecule has 0 aromatic heterocycles. The minimum Gasteiger partial charge on any atom is -0.311 e. The molecule has 3 heteroatoms. The van der Waals surface area contributed by atoms with Crippen LogP contribution in [0.4, 0.5) is 0 Å². The second-order valence-electron chi connectivity index (χ2n) is 4.10. The van der Waals surface area contributed by atoms with Gasteiger partial charge < -0.3 is 9.80 Å². The zero-order valence-electron chi connectivity index (χ0n) is 9.18. The van der Waals surface area contributed by atoms with E-state index in [0.29, 0.717) is 12.2 Å². The summed E-state index contributed by atoms with van der Waals surface area (Å²) in [5, 5.41) is 2.84. The molecule has 0 saturated carbocycles. The highest BCUT2D eigenvalue weighted by atomic mass is 16.1. The second-order valence-corrected chi connectivity index (χ2v) is 4.10. The summed E-state index contributed by atoms with van der Waals surface area (Å²) >= 11 is 0. The Bertz CT molecular complexity index is 197. The molecule has 0 saturated heterocycles. The predicted molar refractivity (Wildman–Crippen MR) is 55.1 cm³/mol. The van der Waals surface area contributed by atoms with Gasteiger partial charge in [0.1, 0.15) is 0 Å². The molecule has 1 N–H and O–H groups in total. The van der Waals surface area contributed by atoms with Crippen LogP contribution < -0.4 is 5.32 Å². The quantitative estimate of drug-likeness (QED) is 0.388. The van der Waals surface area contributed by atoms with E-state index in [1.54, 1.807) is 6.92 Å². The van der Waals surface area contributed by atoms with Gasteiger partial charge in [-0.05, 0) is 13.3 Å². The third-order valence-electron chi connectivity index (χ3n) is 1.88. The van der Waals surface area contributed by atoms with Gasteiger partial charge in [0.2, 0.25) is 0 Å². The van der Waals surface area contributed by atoms with Crippen molar-refractivity contribution in [1.82, 2.24) is 5.32 Å². The molecule has 1 amide bonds. The molecule has 0 radical (unpaired) electrons. The van der Waals surface area contributed by atoms with Crippen molar-refractivity contribution in [3.05, 3.63) is 12.2 Å². The summed E-state index contributed by atoms with van der Waals surface area (Å²) in [5.41, 5.74) is 0.566. The maximum absolute atomic E-state index is 11.2. The van der Waals surface area contributed by atoms with E-state index in [1.807, 2.05) is 0 Å². The first kappa shape index (κ1) is 12.2. The number of quaternary nitrogens is 1. The monoisotopic (exact) mass is 185 g/mol. The molecule has 0 aliphatic heterocycles. The average Bonchev–Trinajstić information content (AvgIpc) is 2.00. The normalized spacial score (nSPS) is 11.1. The summed E-state index contributed by atoms with van der Waals surface area (Å²) in [6, 6.07) is 0. The lowest BCUT2D eigenvalue weighted by molar-refractivity contribution is -0.892. The van der Waals surface area contributed by atoms with Gasteiger partial charge >= 0.3 is 0 Å². The molecular formula is C10H21N2O+. The van der Waals surface area contributed by atoms with Crippen molar-refractivity contribution in [2.75, 3.05) is 27.3 Å². The lowest BCUT2D eigenvalue weighted by atomic mass is 10.3. The highest BCUT2D eigenvalue weighted by Gasteiger charge is 2.14. The molecule has 0 atom stereocenters. The Morgan fingerprint density at radius 3 is 2.38 bits per heavy atom. The summed E-state index contributed by atoms with van der Waals surface area (Å²) < 4.78 is 0.815. The maximum Gasteiger partial charge on any atom is 0.250 e. The number of hydrogen-bond acceptors (Lipinski definition) is 1. The van der Waals surface area contributed by atoms with Crippen LogP contribution >= 0.6 is 0 Å². The van der Waals surface area contributed by atoms with Crippen molar-refractivity contribution in [3.8, 4) is 0 Å². The van der Waals surface area contributed by atoms with Crippen LogP contribution in [0.3, 0.4) is 0 Å². The van der Waals surface area contributed by atoms with Crippen LogP contribution in [0.1, 0.15) is 20.3 Å². The van der Waals surface area contributed by atoms with Crippen LogP contribution in [0.15, 0.2) is 12.2 Å². The number of nitrogens with one attached hydrogen (secondary N) is 1. The van der Waals surface area contributed by atoms with Gasteiger partial charge in [0.25, 0.3) is 5.91 Å². The minimum absolute atomic E-state index is 0.0534. The summed E-state index contributed by atoms with van der Waals surface area (Å²) in [6.45, 7) is 9.17. The van der Waals surface area contributed by atoms with Crippen LogP contribution in [0, 0.1) is 0 Å². The highest BCUT2D eigenvalue weighted by Crippen LogP contribution is 1.97. The highest BCUT2D eigenvalue weighted by molar-refractivity contribution is 5.91. The zero-order valence-corrected chi connectivity index (χ0v) is 9.18. The van der Waals surface area contributed by atoms with E-state index in [2.05, 4.69) is 32.9 Å². The predicted octanol–water partition coefficient (Wildman–Crippen LogP) is 1.12. The fourth-order valence-electron chi connectivity index (χ4n) is 1.12. The molecule has 0 rings (SSSR count). The van der Waals surface area contributed by atoms with E-state index >= 15 is 0 Å². The van der Waals surface area contributed by atoms with Gasteiger partial charge in [-0.1, -0.05) is 13.5 Å². The molecule has 0 fully saturated rings. The average molecular weight is 185 g/mol. The number of rotatable bonds is 5. The topological polar surface area (TPSA) is 29.1 Å². The van der Waals surface area contributed by atoms with Crippen LogP contribution in [-0.4, -0.2) is 37.7 Å². The van der Waals surface area contributed by atoms with E-state index in [0.717, 1.165) is 17.4 Å². The van der Waals surface area contributed by atoms with Crippen LogP contribution in [-0.2, 0) is 4.79 Å². The molecule has 3 nitrogen and oxygen atoms in total. The maximum atomic E-state index is 11.2. The third-order valence-corrected chi connectivity index (χ3v) is 1.88. The molecule has 0 aromatic rings. The number of nitrogens with zero attached hydrogens (tertiary/aromatic N) is 1. The summed E-state index contributed by atoms with van der Waals surface area (Å²) in [6.07, 6.45) is 1.12. The van der Waals surface area contributed by atoms with Gasteiger partial charge in [-0.25, -0.2) is 0 Å². The van der Waals surface area contributed by atoms with Crippen molar-refractivity contribution < 1.29 is 9.28 Å². The molecule has 0 bridgehead atoms. The van der Waals surface area contributed by atoms with Gasteiger partial charge in [0, 0.05) is 5.57 Å². The smallest absolute Gasteiger partial charge is 0.250 e. The fraction of sp³-hybridized carbons (Fsp3) is 0.700. The van der Waals surface area contributed by atoms with Crippen molar-refractivity contribution in [2.45, 2.75) is 20.3 Å². The van der Waals surface area contributed by atoms with Gasteiger partial charge in [0.15, 0.2) is 6.67 Å². The Morgan fingerprint density at radius 2 is 2.00 bits per heavy atom. The van der Waals surface area contributed by atoms with Crippen LogP contribution in [0.5, 0.6) is 0 Å². The number of amides is 1. The first-order chi connectivity index (χ1) is 5.89. The van der Waals surface area contributed by atoms with Gasteiger partial charge in [-0.2, -0.15) is 0 Å². The molecule has 76 valence electrons. The van der Waals surface area contributed by atoms with E-state index in [-0.39, 0.29) is 5.91 Å². The van der Waals surface area contributed by atoms with Crippen molar-refractivity contribution >= 4 is 5.91 Å². The number of carbonyl (C=O) groups excluding carboxylic acids is 1. The zero-order chi connectivity index (χ0) is 10.5. The van der Waals surface area contributed by atoms with Crippen LogP contribution in [0.2, 0.25) is 0 Å². The first-order valence-electron chi connectivity index (χ1n) is 4.65. The Morgan fingerprint density at radius 1 is 1.46 bits per heavy atom. The lowest BCUT2D eigenvalue weighted by Gasteiger charge is -2.29. The Kier molecular flexibility index (Phi) is 4.70. The third kappa shape index (κ3) is 5.42. The molecular weight excluding hydrogens is 164 g/mol. The summed E-state index contributed by atoms with van der Waals surface area (Å²) in [7, 11) is 4.20. The summed E-state index contributed by atoms with van der Waals surface area (Å²) in [5.74, 6) is -0.0534. The molecule has 0 spiro atoms. The molecule has 0 aliphatic rings. The largest absolute Gasteiger partial charge is 0.311 e. The molecule has 0 heterocycles. The Hall–Kier alpha value is -0.830. The van der Waals surface area contributed by atoms with Crippen molar-refractivity contribution in [3.63, 3.8) is 0 Å². The Balaban J connectivity index is 3.87. The SMILES string of the molecule is C=C(C)C(=O)NC[N+](C)(C)CCC. The van der Waals surface area contributed by atoms with Crippen molar-refractivity contribution in [2.24, 2.45) is 0 Å².